The van der Waals surface area contributed by atoms with Crippen LogP contribution in [0.15, 0.2) is 24.8 Å². The van der Waals surface area contributed by atoms with E-state index in [1.807, 2.05) is 0 Å². The second kappa shape index (κ2) is 4.97. The SMILES string of the molecule is FC(F)(F)c1c[nH]c(-n2cnc([C@H]3CCCNC3)c2)c1. The van der Waals surface area contributed by atoms with E-state index >= 15 is 0 Å². The molecule has 3 heterocycles. The summed E-state index contributed by atoms with van der Waals surface area (Å²) in [5.41, 5.74) is 0.238. The van der Waals surface area contributed by atoms with Crippen LogP contribution in [-0.4, -0.2) is 27.6 Å². The number of piperidine rings is 1. The van der Waals surface area contributed by atoms with Gasteiger partial charge in [-0.05, 0) is 25.5 Å². The second-order valence-electron chi connectivity index (χ2n) is 5.02. The molecule has 1 fully saturated rings. The molecule has 2 N–H and O–H groups in total. The van der Waals surface area contributed by atoms with Crippen LogP contribution in [0.1, 0.15) is 30.0 Å². The number of rotatable bonds is 2. The zero-order valence-electron chi connectivity index (χ0n) is 10.7. The highest BCUT2D eigenvalue weighted by molar-refractivity contribution is 5.31. The zero-order valence-corrected chi connectivity index (χ0v) is 10.7. The second-order valence-corrected chi connectivity index (χ2v) is 5.02. The first-order valence-electron chi connectivity index (χ1n) is 6.54. The van der Waals surface area contributed by atoms with Gasteiger partial charge in [-0.1, -0.05) is 0 Å². The van der Waals surface area contributed by atoms with E-state index < -0.39 is 11.7 Å². The lowest BCUT2D eigenvalue weighted by Gasteiger charge is -2.20. The van der Waals surface area contributed by atoms with Gasteiger partial charge < -0.3 is 10.3 Å². The monoisotopic (exact) mass is 284 g/mol. The number of imidazole rings is 1. The highest BCUT2D eigenvalue weighted by Crippen LogP contribution is 2.30. The van der Waals surface area contributed by atoms with Gasteiger partial charge in [0.1, 0.15) is 12.1 Å². The highest BCUT2D eigenvalue weighted by Gasteiger charge is 2.31. The summed E-state index contributed by atoms with van der Waals surface area (Å²) in [7, 11) is 0. The number of hydrogen-bond acceptors (Lipinski definition) is 2. The van der Waals surface area contributed by atoms with Gasteiger partial charge in [-0.3, -0.25) is 4.57 Å². The number of H-pyrrole nitrogens is 1. The topological polar surface area (TPSA) is 45.6 Å². The van der Waals surface area contributed by atoms with E-state index in [0.717, 1.165) is 43.9 Å². The molecule has 0 saturated carbocycles. The molecule has 1 saturated heterocycles. The van der Waals surface area contributed by atoms with Gasteiger partial charge in [-0.25, -0.2) is 4.98 Å². The van der Waals surface area contributed by atoms with E-state index in [9.17, 15) is 13.2 Å². The van der Waals surface area contributed by atoms with Gasteiger partial charge >= 0.3 is 6.18 Å². The Morgan fingerprint density at radius 1 is 1.35 bits per heavy atom. The molecule has 0 radical (unpaired) electrons. The average Bonchev–Trinajstić information content (AvgIpc) is 3.08. The Morgan fingerprint density at radius 2 is 2.20 bits per heavy atom. The third-order valence-corrected chi connectivity index (χ3v) is 3.59. The van der Waals surface area contributed by atoms with Crippen molar-refractivity contribution in [2.45, 2.75) is 24.9 Å². The fourth-order valence-corrected chi connectivity index (χ4v) is 2.48. The molecule has 0 aromatic carbocycles. The van der Waals surface area contributed by atoms with Crippen LogP contribution in [0, 0.1) is 0 Å². The summed E-state index contributed by atoms with van der Waals surface area (Å²) in [5, 5.41) is 3.30. The summed E-state index contributed by atoms with van der Waals surface area (Å²) in [4.78, 5) is 6.94. The Bertz CT molecular complexity index is 578. The fourth-order valence-electron chi connectivity index (χ4n) is 2.48. The molecular weight excluding hydrogens is 269 g/mol. The van der Waals surface area contributed by atoms with E-state index in [0.29, 0.717) is 11.7 Å². The molecular formula is C13H15F3N4. The van der Waals surface area contributed by atoms with Crippen LogP contribution >= 0.6 is 0 Å². The number of halogens is 3. The predicted octanol–water partition coefficient (Wildman–Crippen LogP) is 2.69. The van der Waals surface area contributed by atoms with Crippen molar-refractivity contribution in [1.29, 1.82) is 0 Å². The summed E-state index contributed by atoms with van der Waals surface area (Å²) >= 11 is 0. The molecule has 0 unspecified atom stereocenters. The third-order valence-electron chi connectivity index (χ3n) is 3.59. The molecule has 3 rings (SSSR count). The maximum Gasteiger partial charge on any atom is 0.417 e. The van der Waals surface area contributed by atoms with Gasteiger partial charge in [0.15, 0.2) is 0 Å². The first kappa shape index (κ1) is 13.2. The maximum absolute atomic E-state index is 12.6. The molecule has 0 spiro atoms. The number of aromatic nitrogens is 3. The molecule has 0 bridgehead atoms. The lowest BCUT2D eigenvalue weighted by molar-refractivity contribution is -0.137. The molecule has 0 aliphatic carbocycles. The quantitative estimate of drug-likeness (QED) is 0.890. The van der Waals surface area contributed by atoms with Crippen LogP contribution in [0.2, 0.25) is 0 Å². The molecule has 1 aliphatic rings. The van der Waals surface area contributed by atoms with Crippen LogP contribution in [0.4, 0.5) is 13.2 Å². The van der Waals surface area contributed by atoms with Crippen molar-refractivity contribution in [3.05, 3.63) is 36.0 Å². The highest BCUT2D eigenvalue weighted by atomic mass is 19.4. The van der Waals surface area contributed by atoms with Gasteiger partial charge in [0.25, 0.3) is 0 Å². The first-order valence-corrected chi connectivity index (χ1v) is 6.54. The van der Waals surface area contributed by atoms with Crippen molar-refractivity contribution >= 4 is 0 Å². The Morgan fingerprint density at radius 3 is 2.85 bits per heavy atom. The van der Waals surface area contributed by atoms with Crippen LogP contribution in [-0.2, 0) is 6.18 Å². The summed E-state index contributed by atoms with van der Waals surface area (Å²) in [6.07, 6.45) is 2.14. The van der Waals surface area contributed by atoms with E-state index in [1.165, 1.54) is 0 Å². The largest absolute Gasteiger partial charge is 0.417 e. The Kier molecular flexibility index (Phi) is 3.29. The molecule has 4 nitrogen and oxygen atoms in total. The maximum atomic E-state index is 12.6. The van der Waals surface area contributed by atoms with Crippen molar-refractivity contribution in [2.24, 2.45) is 0 Å². The Labute approximate surface area is 114 Å². The molecule has 2 aromatic heterocycles. The summed E-state index contributed by atoms with van der Waals surface area (Å²) < 4.78 is 39.3. The minimum atomic E-state index is -4.33. The Balaban J connectivity index is 1.81. The smallest absolute Gasteiger partial charge is 0.347 e. The van der Waals surface area contributed by atoms with Gasteiger partial charge in [0.2, 0.25) is 0 Å². The Hall–Kier alpha value is -1.76. The van der Waals surface area contributed by atoms with Gasteiger partial charge in [-0.2, -0.15) is 13.2 Å². The van der Waals surface area contributed by atoms with Crippen molar-refractivity contribution in [3.63, 3.8) is 0 Å². The first-order chi connectivity index (χ1) is 9.54. The zero-order chi connectivity index (χ0) is 14.2. The van der Waals surface area contributed by atoms with Crippen LogP contribution in [0.25, 0.3) is 5.82 Å². The van der Waals surface area contributed by atoms with Crippen LogP contribution < -0.4 is 5.32 Å². The van der Waals surface area contributed by atoms with Crippen molar-refractivity contribution in [1.82, 2.24) is 19.9 Å². The van der Waals surface area contributed by atoms with Crippen molar-refractivity contribution in [3.8, 4) is 5.82 Å². The molecule has 20 heavy (non-hydrogen) atoms. The number of aromatic amines is 1. The van der Waals surface area contributed by atoms with Gasteiger partial charge in [-0.15, -0.1) is 0 Å². The third kappa shape index (κ3) is 2.58. The number of nitrogens with zero attached hydrogens (tertiary/aromatic N) is 2. The van der Waals surface area contributed by atoms with Crippen LogP contribution in [0.3, 0.4) is 0 Å². The molecule has 1 atom stereocenters. The standard InChI is InChI=1S/C13H15F3N4/c14-13(15,16)10-4-12(18-6-10)20-7-11(19-8-20)9-2-1-3-17-5-9/h4,6-9,17-18H,1-3,5H2/t9-/m0/s1. The van der Waals surface area contributed by atoms with Gasteiger partial charge in [0.05, 0.1) is 11.3 Å². The van der Waals surface area contributed by atoms with Crippen LogP contribution in [0.5, 0.6) is 0 Å². The predicted molar refractivity (Wildman–Crippen MR) is 67.8 cm³/mol. The molecule has 2 aromatic rings. The number of alkyl halides is 3. The fraction of sp³-hybridized carbons (Fsp3) is 0.462. The average molecular weight is 284 g/mol. The van der Waals surface area contributed by atoms with E-state index in [2.05, 4.69) is 15.3 Å². The normalized spacial score (nSPS) is 20.2. The molecule has 1 aliphatic heterocycles. The van der Waals surface area contributed by atoms with Crippen molar-refractivity contribution < 1.29 is 13.2 Å². The molecule has 0 amide bonds. The number of hydrogen-bond donors (Lipinski definition) is 2. The number of nitrogens with one attached hydrogen (secondary N) is 2. The molecule has 108 valence electrons. The van der Waals surface area contributed by atoms with E-state index in [4.69, 9.17) is 0 Å². The summed E-state index contributed by atoms with van der Waals surface area (Å²) in [6.45, 7) is 1.89. The lowest BCUT2D eigenvalue weighted by Crippen LogP contribution is -2.28. The van der Waals surface area contributed by atoms with Gasteiger partial charge in [0, 0.05) is 24.9 Å². The van der Waals surface area contributed by atoms with Crippen molar-refractivity contribution in [2.75, 3.05) is 13.1 Å². The minimum absolute atomic E-state index is 0.335. The summed E-state index contributed by atoms with van der Waals surface area (Å²) in [6, 6.07) is 1.09. The molecule has 7 heteroatoms. The lowest BCUT2D eigenvalue weighted by atomic mass is 9.97. The minimum Gasteiger partial charge on any atom is -0.347 e. The summed E-state index contributed by atoms with van der Waals surface area (Å²) in [5.74, 6) is 0.710. The van der Waals surface area contributed by atoms with E-state index in [-0.39, 0.29) is 0 Å². The van der Waals surface area contributed by atoms with E-state index in [1.54, 1.807) is 17.1 Å².